The molecule has 5 heteroatoms. The standard InChI is InChI=1S/C16H21NO4/c1-3-21-10-4-5-15(18)17-14-8-6-12(2)13(11-14)7-9-16(19)20/h6-9,11H,3-5,10H2,1-2H3,(H,17,18)(H,19,20)/b9-7+. The van der Waals surface area contributed by atoms with Gasteiger partial charge in [-0.05, 0) is 49.6 Å². The Morgan fingerprint density at radius 1 is 1.38 bits per heavy atom. The fraction of sp³-hybridized carbons (Fsp3) is 0.375. The minimum absolute atomic E-state index is 0.0771. The van der Waals surface area contributed by atoms with Crippen molar-refractivity contribution in [1.82, 2.24) is 0 Å². The number of carbonyl (C=O) groups excluding carboxylic acids is 1. The Bertz CT molecular complexity index is 523. The summed E-state index contributed by atoms with van der Waals surface area (Å²) in [7, 11) is 0. The Hall–Kier alpha value is -2.14. The number of aliphatic carboxylic acids is 1. The molecule has 1 rings (SSSR count). The molecular formula is C16H21NO4. The quantitative estimate of drug-likeness (QED) is 0.570. The van der Waals surface area contributed by atoms with Crippen LogP contribution >= 0.6 is 0 Å². The van der Waals surface area contributed by atoms with Crippen molar-refractivity contribution in [2.24, 2.45) is 0 Å². The van der Waals surface area contributed by atoms with Gasteiger partial charge in [-0.15, -0.1) is 0 Å². The molecule has 0 atom stereocenters. The first-order valence-electron chi connectivity index (χ1n) is 6.92. The summed E-state index contributed by atoms with van der Waals surface area (Å²) in [4.78, 5) is 22.3. The number of rotatable bonds is 8. The van der Waals surface area contributed by atoms with Gasteiger partial charge in [0.25, 0.3) is 0 Å². The van der Waals surface area contributed by atoms with Gasteiger partial charge in [0.1, 0.15) is 0 Å². The number of carbonyl (C=O) groups is 2. The Balaban J connectivity index is 2.61. The van der Waals surface area contributed by atoms with Crippen LogP contribution < -0.4 is 5.32 Å². The van der Waals surface area contributed by atoms with Crippen molar-refractivity contribution in [3.63, 3.8) is 0 Å². The van der Waals surface area contributed by atoms with E-state index in [0.717, 1.165) is 17.2 Å². The predicted molar refractivity (Wildman–Crippen MR) is 82.2 cm³/mol. The zero-order chi connectivity index (χ0) is 15.7. The second kappa shape index (κ2) is 8.92. The van der Waals surface area contributed by atoms with Crippen LogP contribution in [-0.4, -0.2) is 30.2 Å². The molecule has 2 N–H and O–H groups in total. The molecule has 1 aromatic rings. The molecule has 1 aromatic carbocycles. The van der Waals surface area contributed by atoms with Crippen molar-refractivity contribution in [2.45, 2.75) is 26.7 Å². The Kier molecular flexibility index (Phi) is 7.18. The minimum atomic E-state index is -1.00. The fourth-order valence-electron chi connectivity index (χ4n) is 1.76. The molecule has 114 valence electrons. The zero-order valence-electron chi connectivity index (χ0n) is 12.4. The third kappa shape index (κ3) is 6.72. The zero-order valence-corrected chi connectivity index (χ0v) is 12.4. The molecule has 0 aliphatic carbocycles. The molecule has 0 radical (unpaired) electrons. The van der Waals surface area contributed by atoms with Gasteiger partial charge in [-0.3, -0.25) is 4.79 Å². The number of hydrogen-bond donors (Lipinski definition) is 2. The second-order valence-electron chi connectivity index (χ2n) is 4.59. The number of anilines is 1. The summed E-state index contributed by atoms with van der Waals surface area (Å²) < 4.78 is 5.18. The maximum Gasteiger partial charge on any atom is 0.328 e. The smallest absolute Gasteiger partial charge is 0.328 e. The molecule has 1 amide bonds. The molecule has 0 aromatic heterocycles. The first-order valence-corrected chi connectivity index (χ1v) is 6.92. The lowest BCUT2D eigenvalue weighted by molar-refractivity contribution is -0.131. The summed E-state index contributed by atoms with van der Waals surface area (Å²) in [6.45, 7) is 5.02. The lowest BCUT2D eigenvalue weighted by atomic mass is 10.1. The van der Waals surface area contributed by atoms with E-state index in [2.05, 4.69) is 5.32 Å². The summed E-state index contributed by atoms with van der Waals surface area (Å²) in [5, 5.41) is 11.5. The highest BCUT2D eigenvalue weighted by Crippen LogP contribution is 2.17. The molecule has 0 saturated heterocycles. The molecule has 0 fully saturated rings. The molecule has 0 unspecified atom stereocenters. The minimum Gasteiger partial charge on any atom is -0.478 e. The Morgan fingerprint density at radius 2 is 2.14 bits per heavy atom. The van der Waals surface area contributed by atoms with E-state index in [-0.39, 0.29) is 5.91 Å². The van der Waals surface area contributed by atoms with Gasteiger partial charge in [0.15, 0.2) is 0 Å². The van der Waals surface area contributed by atoms with Crippen molar-refractivity contribution in [1.29, 1.82) is 0 Å². The second-order valence-corrected chi connectivity index (χ2v) is 4.59. The topological polar surface area (TPSA) is 75.6 Å². The lowest BCUT2D eigenvalue weighted by Gasteiger charge is -2.08. The number of carboxylic acids is 1. The van der Waals surface area contributed by atoms with Crippen molar-refractivity contribution >= 4 is 23.6 Å². The van der Waals surface area contributed by atoms with Gasteiger partial charge in [-0.2, -0.15) is 0 Å². The Labute approximate surface area is 124 Å². The van der Waals surface area contributed by atoms with E-state index in [1.54, 1.807) is 12.1 Å². The predicted octanol–water partition coefficient (Wildman–Crippen LogP) is 2.85. The molecular weight excluding hydrogens is 270 g/mol. The molecule has 0 spiro atoms. The number of ether oxygens (including phenoxy) is 1. The molecule has 0 saturated carbocycles. The normalized spacial score (nSPS) is 10.8. The van der Waals surface area contributed by atoms with Crippen molar-refractivity contribution < 1.29 is 19.4 Å². The summed E-state index contributed by atoms with van der Waals surface area (Å²) >= 11 is 0. The number of carboxylic acid groups (broad SMARTS) is 1. The van der Waals surface area contributed by atoms with Crippen LogP contribution in [0.25, 0.3) is 6.08 Å². The van der Waals surface area contributed by atoms with Gasteiger partial charge < -0.3 is 15.2 Å². The van der Waals surface area contributed by atoms with E-state index in [0.29, 0.717) is 31.7 Å². The summed E-state index contributed by atoms with van der Waals surface area (Å²) in [5.74, 6) is -1.08. The average molecular weight is 291 g/mol. The first-order chi connectivity index (χ1) is 10.0. The van der Waals surface area contributed by atoms with Crippen molar-refractivity contribution in [3.05, 3.63) is 35.4 Å². The van der Waals surface area contributed by atoms with Gasteiger partial charge in [-0.25, -0.2) is 4.79 Å². The van der Waals surface area contributed by atoms with Gasteiger partial charge in [0.2, 0.25) is 5.91 Å². The molecule has 21 heavy (non-hydrogen) atoms. The highest BCUT2D eigenvalue weighted by Gasteiger charge is 2.04. The molecule has 5 nitrogen and oxygen atoms in total. The van der Waals surface area contributed by atoms with Crippen molar-refractivity contribution in [3.8, 4) is 0 Å². The summed E-state index contributed by atoms with van der Waals surface area (Å²) in [6.07, 6.45) is 3.67. The maximum atomic E-state index is 11.8. The van der Waals surface area contributed by atoms with Crippen LogP contribution in [0.15, 0.2) is 24.3 Å². The van der Waals surface area contributed by atoms with E-state index in [1.807, 2.05) is 19.9 Å². The number of aryl methyl sites for hydroxylation is 1. The number of amides is 1. The molecule has 0 aliphatic heterocycles. The van der Waals surface area contributed by atoms with Crippen LogP contribution in [0.5, 0.6) is 0 Å². The Morgan fingerprint density at radius 3 is 2.81 bits per heavy atom. The third-order valence-corrected chi connectivity index (χ3v) is 2.87. The maximum absolute atomic E-state index is 11.8. The number of benzene rings is 1. The highest BCUT2D eigenvalue weighted by atomic mass is 16.5. The molecule has 0 bridgehead atoms. The average Bonchev–Trinajstić information content (AvgIpc) is 2.44. The fourth-order valence-corrected chi connectivity index (χ4v) is 1.76. The van der Waals surface area contributed by atoms with Crippen LogP contribution in [0.1, 0.15) is 30.9 Å². The summed E-state index contributed by atoms with van der Waals surface area (Å²) in [5.41, 5.74) is 2.37. The number of nitrogens with one attached hydrogen (secondary N) is 1. The van der Waals surface area contributed by atoms with Gasteiger partial charge >= 0.3 is 5.97 Å². The van der Waals surface area contributed by atoms with E-state index < -0.39 is 5.97 Å². The third-order valence-electron chi connectivity index (χ3n) is 2.87. The van der Waals surface area contributed by atoms with Gasteiger partial charge in [0, 0.05) is 31.4 Å². The van der Waals surface area contributed by atoms with Crippen LogP contribution in [0, 0.1) is 6.92 Å². The SMILES string of the molecule is CCOCCCC(=O)Nc1ccc(C)c(/C=C/C(=O)O)c1. The largest absolute Gasteiger partial charge is 0.478 e. The van der Waals surface area contributed by atoms with Crippen LogP contribution in [0.4, 0.5) is 5.69 Å². The molecule has 0 aliphatic rings. The van der Waals surface area contributed by atoms with Gasteiger partial charge in [0.05, 0.1) is 0 Å². The van der Waals surface area contributed by atoms with Gasteiger partial charge in [-0.1, -0.05) is 6.07 Å². The van der Waals surface area contributed by atoms with Crippen LogP contribution in [0.3, 0.4) is 0 Å². The van der Waals surface area contributed by atoms with Crippen molar-refractivity contribution in [2.75, 3.05) is 18.5 Å². The van der Waals surface area contributed by atoms with E-state index in [1.165, 1.54) is 6.08 Å². The van der Waals surface area contributed by atoms with Crippen LogP contribution in [0.2, 0.25) is 0 Å². The monoisotopic (exact) mass is 291 g/mol. The highest BCUT2D eigenvalue weighted by molar-refractivity contribution is 5.91. The van der Waals surface area contributed by atoms with E-state index in [9.17, 15) is 9.59 Å². The lowest BCUT2D eigenvalue weighted by Crippen LogP contribution is -2.12. The molecule has 0 heterocycles. The number of hydrogen-bond acceptors (Lipinski definition) is 3. The van der Waals surface area contributed by atoms with E-state index in [4.69, 9.17) is 9.84 Å². The first kappa shape index (κ1) is 16.9. The van der Waals surface area contributed by atoms with E-state index >= 15 is 0 Å². The summed E-state index contributed by atoms with van der Waals surface area (Å²) in [6, 6.07) is 5.40. The van der Waals surface area contributed by atoms with Crippen LogP contribution in [-0.2, 0) is 14.3 Å².